The minimum atomic E-state index is -0.186. The summed E-state index contributed by atoms with van der Waals surface area (Å²) in [5, 5.41) is 7.12. The standard InChI is InChI=1S/C12H17N3O/c1-3-12(16)14-11-8-13-15(9(11)2)10-6-4-5-7-10/h3,8,10H,1,4-7H2,2H3,(H,14,16). The molecule has 16 heavy (non-hydrogen) atoms. The first-order valence-electron chi connectivity index (χ1n) is 5.70. The summed E-state index contributed by atoms with van der Waals surface area (Å²) in [4.78, 5) is 11.2. The molecule has 4 nitrogen and oxygen atoms in total. The summed E-state index contributed by atoms with van der Waals surface area (Å²) in [5.41, 5.74) is 1.82. The van der Waals surface area contributed by atoms with Crippen molar-refractivity contribution in [1.29, 1.82) is 0 Å². The zero-order chi connectivity index (χ0) is 11.5. The average Bonchev–Trinajstić information content (AvgIpc) is 2.89. The van der Waals surface area contributed by atoms with Crippen molar-refractivity contribution in [1.82, 2.24) is 9.78 Å². The van der Waals surface area contributed by atoms with Gasteiger partial charge in [-0.2, -0.15) is 5.10 Å². The van der Waals surface area contributed by atoms with E-state index in [-0.39, 0.29) is 5.91 Å². The summed E-state index contributed by atoms with van der Waals surface area (Å²) in [6.45, 7) is 5.42. The van der Waals surface area contributed by atoms with Gasteiger partial charge in [0.2, 0.25) is 5.91 Å². The molecule has 0 bridgehead atoms. The van der Waals surface area contributed by atoms with Crippen LogP contribution in [0.5, 0.6) is 0 Å². The van der Waals surface area contributed by atoms with Gasteiger partial charge in [-0.1, -0.05) is 19.4 Å². The van der Waals surface area contributed by atoms with Gasteiger partial charge < -0.3 is 5.32 Å². The SMILES string of the molecule is C=CC(=O)Nc1cnn(C2CCCC2)c1C. The third-order valence-corrected chi connectivity index (χ3v) is 3.16. The molecule has 0 saturated heterocycles. The van der Waals surface area contributed by atoms with E-state index in [2.05, 4.69) is 17.0 Å². The number of nitrogens with zero attached hydrogens (tertiary/aromatic N) is 2. The summed E-state index contributed by atoms with van der Waals surface area (Å²) in [7, 11) is 0. The largest absolute Gasteiger partial charge is 0.320 e. The molecule has 1 aromatic heterocycles. The highest BCUT2D eigenvalue weighted by Gasteiger charge is 2.20. The van der Waals surface area contributed by atoms with Gasteiger partial charge in [-0.3, -0.25) is 9.48 Å². The van der Waals surface area contributed by atoms with Crippen LogP contribution in [0.15, 0.2) is 18.9 Å². The van der Waals surface area contributed by atoms with Crippen LogP contribution in [0.4, 0.5) is 5.69 Å². The highest BCUT2D eigenvalue weighted by atomic mass is 16.1. The second-order valence-electron chi connectivity index (χ2n) is 4.22. The van der Waals surface area contributed by atoms with Crippen molar-refractivity contribution in [2.24, 2.45) is 0 Å². The van der Waals surface area contributed by atoms with Crippen LogP contribution < -0.4 is 5.32 Å². The Bertz CT molecular complexity index is 402. The molecule has 1 amide bonds. The number of carbonyl (C=O) groups excluding carboxylic acids is 1. The third kappa shape index (κ3) is 2.01. The zero-order valence-corrected chi connectivity index (χ0v) is 9.57. The molecule has 0 spiro atoms. The number of hydrogen-bond acceptors (Lipinski definition) is 2. The second kappa shape index (κ2) is 4.51. The Morgan fingerprint density at radius 1 is 1.62 bits per heavy atom. The van der Waals surface area contributed by atoms with Gasteiger partial charge in [0.1, 0.15) is 0 Å². The van der Waals surface area contributed by atoms with Crippen molar-refractivity contribution in [3.63, 3.8) is 0 Å². The van der Waals surface area contributed by atoms with Gasteiger partial charge in [0.15, 0.2) is 0 Å². The Morgan fingerprint density at radius 2 is 2.31 bits per heavy atom. The molecule has 1 aliphatic rings. The number of aromatic nitrogens is 2. The maximum Gasteiger partial charge on any atom is 0.247 e. The van der Waals surface area contributed by atoms with Crippen molar-refractivity contribution in [3.8, 4) is 0 Å². The van der Waals surface area contributed by atoms with E-state index in [1.165, 1.54) is 31.8 Å². The Kier molecular flexibility index (Phi) is 3.08. The number of anilines is 1. The Labute approximate surface area is 95.3 Å². The third-order valence-electron chi connectivity index (χ3n) is 3.16. The molecular weight excluding hydrogens is 202 g/mol. The van der Waals surface area contributed by atoms with E-state index in [0.29, 0.717) is 6.04 Å². The minimum Gasteiger partial charge on any atom is -0.320 e. The summed E-state index contributed by atoms with van der Waals surface area (Å²) < 4.78 is 2.03. The minimum absolute atomic E-state index is 0.186. The van der Waals surface area contributed by atoms with Crippen LogP contribution >= 0.6 is 0 Å². The maximum absolute atomic E-state index is 11.2. The van der Waals surface area contributed by atoms with Gasteiger partial charge in [0.25, 0.3) is 0 Å². The molecule has 0 aliphatic heterocycles. The Balaban J connectivity index is 2.16. The number of rotatable bonds is 3. The lowest BCUT2D eigenvalue weighted by Crippen LogP contribution is -2.11. The molecule has 86 valence electrons. The van der Waals surface area contributed by atoms with Gasteiger partial charge in [0.05, 0.1) is 23.6 Å². The van der Waals surface area contributed by atoms with Crippen molar-refractivity contribution in [3.05, 3.63) is 24.5 Å². The van der Waals surface area contributed by atoms with Crippen LogP contribution in [-0.4, -0.2) is 15.7 Å². The van der Waals surface area contributed by atoms with Crippen LogP contribution in [0, 0.1) is 6.92 Å². The van der Waals surface area contributed by atoms with E-state index < -0.39 is 0 Å². The molecule has 0 aromatic carbocycles. The van der Waals surface area contributed by atoms with Gasteiger partial charge in [-0.05, 0) is 25.8 Å². The van der Waals surface area contributed by atoms with E-state index in [4.69, 9.17) is 0 Å². The van der Waals surface area contributed by atoms with Crippen molar-refractivity contribution in [2.45, 2.75) is 38.6 Å². The fourth-order valence-corrected chi connectivity index (χ4v) is 2.25. The summed E-state index contributed by atoms with van der Waals surface area (Å²) in [6.07, 6.45) is 7.92. The lowest BCUT2D eigenvalue weighted by molar-refractivity contribution is -0.111. The molecular formula is C12H17N3O. The predicted octanol–water partition coefficient (Wildman–Crippen LogP) is 2.43. The molecule has 4 heteroatoms. The van der Waals surface area contributed by atoms with Crippen molar-refractivity contribution in [2.75, 3.05) is 5.32 Å². The van der Waals surface area contributed by atoms with E-state index in [1.54, 1.807) is 6.20 Å². The monoisotopic (exact) mass is 219 g/mol. The smallest absolute Gasteiger partial charge is 0.247 e. The van der Waals surface area contributed by atoms with Gasteiger partial charge in [-0.25, -0.2) is 0 Å². The predicted molar refractivity (Wildman–Crippen MR) is 63.3 cm³/mol. The van der Waals surface area contributed by atoms with Crippen molar-refractivity contribution < 1.29 is 4.79 Å². The average molecular weight is 219 g/mol. The van der Waals surface area contributed by atoms with E-state index in [0.717, 1.165) is 11.4 Å². The molecule has 1 aromatic rings. The quantitative estimate of drug-likeness (QED) is 0.794. The molecule has 1 saturated carbocycles. The number of carbonyl (C=O) groups is 1. The van der Waals surface area contributed by atoms with Crippen LogP contribution in [-0.2, 0) is 4.79 Å². The fraction of sp³-hybridized carbons (Fsp3) is 0.500. The van der Waals surface area contributed by atoms with E-state index in [9.17, 15) is 4.79 Å². The summed E-state index contributed by atoms with van der Waals surface area (Å²) >= 11 is 0. The maximum atomic E-state index is 11.2. The lowest BCUT2D eigenvalue weighted by Gasteiger charge is -2.12. The van der Waals surface area contributed by atoms with Crippen LogP contribution in [0.2, 0.25) is 0 Å². The molecule has 0 atom stereocenters. The van der Waals surface area contributed by atoms with Crippen LogP contribution in [0.3, 0.4) is 0 Å². The van der Waals surface area contributed by atoms with Crippen LogP contribution in [0.1, 0.15) is 37.4 Å². The van der Waals surface area contributed by atoms with Gasteiger partial charge in [0, 0.05) is 0 Å². The lowest BCUT2D eigenvalue weighted by atomic mass is 10.2. The van der Waals surface area contributed by atoms with E-state index in [1.807, 2.05) is 11.6 Å². The molecule has 1 fully saturated rings. The topological polar surface area (TPSA) is 46.9 Å². The Hall–Kier alpha value is -1.58. The summed E-state index contributed by atoms with van der Waals surface area (Å²) in [5.74, 6) is -0.186. The highest BCUT2D eigenvalue weighted by molar-refractivity contribution is 5.99. The van der Waals surface area contributed by atoms with Gasteiger partial charge >= 0.3 is 0 Å². The number of amides is 1. The normalized spacial score (nSPS) is 16.3. The molecule has 1 aliphatic carbocycles. The highest BCUT2D eigenvalue weighted by Crippen LogP contribution is 2.31. The first-order chi connectivity index (χ1) is 7.72. The van der Waals surface area contributed by atoms with Gasteiger partial charge in [-0.15, -0.1) is 0 Å². The Morgan fingerprint density at radius 3 is 2.94 bits per heavy atom. The first-order valence-corrected chi connectivity index (χ1v) is 5.70. The molecule has 1 heterocycles. The summed E-state index contributed by atoms with van der Waals surface area (Å²) in [6, 6.07) is 0.509. The molecule has 2 rings (SSSR count). The molecule has 0 unspecified atom stereocenters. The second-order valence-corrected chi connectivity index (χ2v) is 4.22. The zero-order valence-electron chi connectivity index (χ0n) is 9.57. The molecule has 0 radical (unpaired) electrons. The number of nitrogens with one attached hydrogen (secondary N) is 1. The number of hydrogen-bond donors (Lipinski definition) is 1. The van der Waals surface area contributed by atoms with Crippen LogP contribution in [0.25, 0.3) is 0 Å². The van der Waals surface area contributed by atoms with E-state index >= 15 is 0 Å². The molecule has 1 N–H and O–H groups in total. The fourth-order valence-electron chi connectivity index (χ4n) is 2.25. The first kappa shape index (κ1) is 10.9. The van der Waals surface area contributed by atoms with Crippen molar-refractivity contribution >= 4 is 11.6 Å².